The summed E-state index contributed by atoms with van der Waals surface area (Å²) in [5, 5.41) is 25.3. The van der Waals surface area contributed by atoms with E-state index in [1.54, 1.807) is 4.52 Å². The predicted molar refractivity (Wildman–Crippen MR) is 70.8 cm³/mol. The summed E-state index contributed by atoms with van der Waals surface area (Å²) < 4.78 is 1.77. The van der Waals surface area contributed by atoms with Gasteiger partial charge in [-0.15, -0.1) is 5.10 Å². The third-order valence-corrected chi connectivity index (χ3v) is 3.91. The molecule has 0 aliphatic carbocycles. The number of nitrogens with zero attached hydrogens (tertiary/aromatic N) is 4. The van der Waals surface area contributed by atoms with Gasteiger partial charge in [-0.2, -0.15) is 4.52 Å². The summed E-state index contributed by atoms with van der Waals surface area (Å²) in [7, 11) is 0. The first-order valence-electron chi connectivity index (χ1n) is 6.86. The minimum atomic E-state index is -0.486. The zero-order valence-electron chi connectivity index (χ0n) is 10.9. The zero-order chi connectivity index (χ0) is 13.1. The highest BCUT2D eigenvalue weighted by Crippen LogP contribution is 2.24. The molecule has 0 atom stereocenters. The van der Waals surface area contributed by atoms with Gasteiger partial charge in [-0.1, -0.05) is 6.07 Å². The van der Waals surface area contributed by atoms with Gasteiger partial charge in [0.25, 0.3) is 0 Å². The van der Waals surface area contributed by atoms with Gasteiger partial charge in [-0.25, -0.2) is 0 Å². The van der Waals surface area contributed by atoms with Crippen LogP contribution in [0.5, 0.6) is 0 Å². The van der Waals surface area contributed by atoms with E-state index >= 15 is 0 Å². The summed E-state index contributed by atoms with van der Waals surface area (Å²) >= 11 is 0. The lowest BCUT2D eigenvalue weighted by Crippen LogP contribution is -2.41. The van der Waals surface area contributed by atoms with Gasteiger partial charge in [0, 0.05) is 5.69 Å². The quantitative estimate of drug-likeness (QED) is 0.841. The van der Waals surface area contributed by atoms with Crippen LogP contribution in [0, 0.1) is 0 Å². The van der Waals surface area contributed by atoms with Crippen LogP contribution in [0.25, 0.3) is 5.65 Å². The van der Waals surface area contributed by atoms with Crippen LogP contribution in [-0.2, 0) is 6.42 Å². The van der Waals surface area contributed by atoms with Crippen molar-refractivity contribution in [3.8, 4) is 0 Å². The van der Waals surface area contributed by atoms with E-state index in [2.05, 4.69) is 20.8 Å². The topological polar surface area (TPSA) is 75.3 Å². The van der Waals surface area contributed by atoms with Crippen molar-refractivity contribution >= 4 is 5.65 Å². The van der Waals surface area contributed by atoms with E-state index in [0.29, 0.717) is 0 Å². The van der Waals surface area contributed by atoms with Gasteiger partial charge >= 0.3 is 0 Å². The number of tetrazole rings is 1. The fourth-order valence-electron chi connectivity index (χ4n) is 2.75. The normalized spacial score (nSPS) is 18.8. The Hall–Kier alpha value is -1.53. The van der Waals surface area contributed by atoms with Crippen molar-refractivity contribution in [1.29, 1.82) is 0 Å². The lowest BCUT2D eigenvalue weighted by molar-refractivity contribution is 0.000850. The van der Waals surface area contributed by atoms with E-state index in [4.69, 9.17) is 0 Å². The fourth-order valence-corrected chi connectivity index (χ4v) is 2.75. The molecule has 3 rings (SSSR count). The molecule has 1 aliphatic heterocycles. The number of pyridine rings is 1. The van der Waals surface area contributed by atoms with E-state index in [-0.39, 0.29) is 0 Å². The van der Waals surface area contributed by atoms with Crippen LogP contribution >= 0.6 is 0 Å². The minimum absolute atomic E-state index is 0.486. The molecule has 0 aromatic carbocycles. The molecule has 1 fully saturated rings. The maximum atomic E-state index is 10.4. The fraction of sp³-hybridized carbons (Fsp3) is 0.615. The second kappa shape index (κ2) is 5.22. The molecule has 0 unspecified atom stereocenters. The minimum Gasteiger partial charge on any atom is -0.390 e. The molecule has 0 spiro atoms. The third-order valence-electron chi connectivity index (χ3n) is 3.91. The Morgan fingerprint density at radius 1 is 1.32 bits per heavy atom. The van der Waals surface area contributed by atoms with Crippen LogP contribution in [0.2, 0.25) is 0 Å². The number of fused-ring (bicyclic) bond motifs is 1. The van der Waals surface area contributed by atoms with E-state index in [9.17, 15) is 5.11 Å². The Balaban J connectivity index is 1.61. The number of hydrogen-bond acceptors (Lipinski definition) is 5. The van der Waals surface area contributed by atoms with Gasteiger partial charge in [0.2, 0.25) is 0 Å². The van der Waals surface area contributed by atoms with E-state index in [0.717, 1.165) is 56.5 Å². The first-order valence-corrected chi connectivity index (χ1v) is 6.86. The molecule has 0 amide bonds. The molecular weight excluding hydrogens is 242 g/mol. The number of hydrogen-bond donors (Lipinski definition) is 2. The predicted octanol–water partition coefficient (Wildman–Crippen LogP) is 0.561. The molecule has 6 nitrogen and oxygen atoms in total. The number of nitrogens with one attached hydrogen (secondary N) is 1. The SMILES string of the molecule is OC1(CCCc2cccc3nnnn23)CCNCC1. The monoisotopic (exact) mass is 261 g/mol. The van der Waals surface area contributed by atoms with Crippen molar-refractivity contribution in [1.82, 2.24) is 25.4 Å². The average Bonchev–Trinajstić information content (AvgIpc) is 2.88. The van der Waals surface area contributed by atoms with Crippen molar-refractivity contribution in [3.63, 3.8) is 0 Å². The highest BCUT2D eigenvalue weighted by molar-refractivity contribution is 5.36. The van der Waals surface area contributed by atoms with Crippen LogP contribution in [0.3, 0.4) is 0 Å². The van der Waals surface area contributed by atoms with Crippen LogP contribution < -0.4 is 5.32 Å². The number of rotatable bonds is 4. The molecule has 1 saturated heterocycles. The zero-order valence-corrected chi connectivity index (χ0v) is 10.9. The number of piperidine rings is 1. The molecular formula is C13H19N5O. The standard InChI is InChI=1S/C13H19N5O/c19-13(7-9-14-10-8-13)6-2-4-11-3-1-5-12-15-16-17-18(11)12/h1,3,5,14,19H,2,4,6-10H2. The Labute approximate surface area is 111 Å². The van der Waals surface area contributed by atoms with E-state index in [1.165, 1.54) is 0 Å². The molecule has 0 saturated carbocycles. The highest BCUT2D eigenvalue weighted by Gasteiger charge is 2.28. The van der Waals surface area contributed by atoms with Gasteiger partial charge in [0.05, 0.1) is 5.60 Å². The molecule has 2 aromatic rings. The Kier molecular flexibility index (Phi) is 3.44. The summed E-state index contributed by atoms with van der Waals surface area (Å²) in [6, 6.07) is 5.90. The van der Waals surface area contributed by atoms with Gasteiger partial charge in [0.15, 0.2) is 5.65 Å². The lowest BCUT2D eigenvalue weighted by atomic mass is 9.87. The third kappa shape index (κ3) is 2.74. The molecule has 19 heavy (non-hydrogen) atoms. The molecule has 0 radical (unpaired) electrons. The van der Waals surface area contributed by atoms with Crippen molar-refractivity contribution in [2.75, 3.05) is 13.1 Å². The van der Waals surface area contributed by atoms with Crippen LogP contribution in [0.1, 0.15) is 31.4 Å². The number of aromatic nitrogens is 4. The molecule has 2 aromatic heterocycles. The second-order valence-electron chi connectivity index (χ2n) is 5.29. The summed E-state index contributed by atoms with van der Waals surface area (Å²) in [6.45, 7) is 1.83. The summed E-state index contributed by atoms with van der Waals surface area (Å²) in [5.74, 6) is 0. The Bertz CT molecular complexity index is 547. The first-order chi connectivity index (χ1) is 9.27. The smallest absolute Gasteiger partial charge is 0.179 e. The van der Waals surface area contributed by atoms with Crippen LogP contribution in [0.15, 0.2) is 18.2 Å². The highest BCUT2D eigenvalue weighted by atomic mass is 16.3. The van der Waals surface area contributed by atoms with Crippen molar-refractivity contribution in [2.24, 2.45) is 0 Å². The summed E-state index contributed by atoms with van der Waals surface area (Å²) in [4.78, 5) is 0. The van der Waals surface area contributed by atoms with Crippen molar-refractivity contribution in [3.05, 3.63) is 23.9 Å². The molecule has 0 bridgehead atoms. The molecule has 6 heteroatoms. The number of aliphatic hydroxyl groups is 1. The first kappa shape index (κ1) is 12.5. The van der Waals surface area contributed by atoms with Gasteiger partial charge in [-0.3, -0.25) is 0 Å². The van der Waals surface area contributed by atoms with Crippen LogP contribution in [0.4, 0.5) is 0 Å². The molecule has 2 N–H and O–H groups in total. The maximum Gasteiger partial charge on any atom is 0.179 e. The van der Waals surface area contributed by atoms with E-state index in [1.807, 2.05) is 18.2 Å². The van der Waals surface area contributed by atoms with E-state index < -0.39 is 5.60 Å². The van der Waals surface area contributed by atoms with Crippen molar-refractivity contribution < 1.29 is 5.11 Å². The van der Waals surface area contributed by atoms with Gasteiger partial charge < -0.3 is 10.4 Å². The van der Waals surface area contributed by atoms with Gasteiger partial charge in [-0.05, 0) is 67.8 Å². The average molecular weight is 261 g/mol. The lowest BCUT2D eigenvalue weighted by Gasteiger charge is -2.32. The van der Waals surface area contributed by atoms with Crippen LogP contribution in [-0.4, -0.2) is 43.8 Å². The largest absolute Gasteiger partial charge is 0.390 e. The summed E-state index contributed by atoms with van der Waals surface area (Å²) in [5.41, 5.74) is 1.39. The molecule has 3 heterocycles. The Morgan fingerprint density at radius 2 is 2.16 bits per heavy atom. The molecule has 1 aliphatic rings. The molecule has 102 valence electrons. The second-order valence-corrected chi connectivity index (χ2v) is 5.29. The van der Waals surface area contributed by atoms with Gasteiger partial charge in [0.1, 0.15) is 0 Å². The number of aryl methyl sites for hydroxylation is 1. The summed E-state index contributed by atoms with van der Waals surface area (Å²) in [6.07, 6.45) is 4.38. The maximum absolute atomic E-state index is 10.4. The Morgan fingerprint density at radius 3 is 3.00 bits per heavy atom. The van der Waals surface area contributed by atoms with Crippen molar-refractivity contribution in [2.45, 2.75) is 37.7 Å².